The van der Waals surface area contributed by atoms with Crippen molar-refractivity contribution in [3.05, 3.63) is 35.9 Å². The normalized spacial score (nSPS) is 28.2. The third kappa shape index (κ3) is 3.84. The molecule has 1 saturated carbocycles. The molecule has 1 aliphatic carbocycles. The lowest BCUT2D eigenvalue weighted by molar-refractivity contribution is 0.221. The maximum Gasteiger partial charge on any atom is 0.0195 e. The van der Waals surface area contributed by atoms with Gasteiger partial charge in [-0.25, -0.2) is 0 Å². The molecule has 0 heterocycles. The topological polar surface area (TPSA) is 26.0 Å². The third-order valence-corrected chi connectivity index (χ3v) is 4.47. The second-order valence-corrected chi connectivity index (χ2v) is 6.11. The van der Waals surface area contributed by atoms with Gasteiger partial charge in [0, 0.05) is 5.54 Å². The molecule has 1 fully saturated rings. The Morgan fingerprint density at radius 1 is 1.17 bits per heavy atom. The van der Waals surface area contributed by atoms with Gasteiger partial charge in [-0.2, -0.15) is 0 Å². The highest BCUT2D eigenvalue weighted by atomic mass is 14.7. The van der Waals surface area contributed by atoms with Crippen LogP contribution in [0.2, 0.25) is 0 Å². The molecular weight excluding hydrogens is 218 g/mol. The van der Waals surface area contributed by atoms with Crippen LogP contribution >= 0.6 is 0 Å². The quantitative estimate of drug-likeness (QED) is 0.822. The molecule has 0 amide bonds. The standard InChI is InChI=1S/C17H27N/c1-2-3-7-15-10-12-17(18,13-11-15)14-16-8-5-4-6-9-16/h4-6,8-9,15H,2-3,7,10-14,18H2,1H3. The summed E-state index contributed by atoms with van der Waals surface area (Å²) in [5.74, 6) is 0.942. The van der Waals surface area contributed by atoms with E-state index in [1.807, 2.05) is 0 Å². The highest BCUT2D eigenvalue weighted by molar-refractivity contribution is 5.18. The number of hydrogen-bond donors (Lipinski definition) is 1. The van der Waals surface area contributed by atoms with Gasteiger partial charge < -0.3 is 5.73 Å². The van der Waals surface area contributed by atoms with Gasteiger partial charge in [-0.3, -0.25) is 0 Å². The summed E-state index contributed by atoms with van der Waals surface area (Å²) < 4.78 is 0. The molecule has 0 saturated heterocycles. The van der Waals surface area contributed by atoms with Crippen LogP contribution in [0.25, 0.3) is 0 Å². The number of rotatable bonds is 5. The Labute approximate surface area is 112 Å². The smallest absolute Gasteiger partial charge is 0.0195 e. The van der Waals surface area contributed by atoms with E-state index in [0.717, 1.165) is 12.3 Å². The van der Waals surface area contributed by atoms with Crippen LogP contribution < -0.4 is 5.73 Å². The minimum atomic E-state index is 0.0596. The number of hydrogen-bond acceptors (Lipinski definition) is 1. The fourth-order valence-electron chi connectivity index (χ4n) is 3.21. The minimum Gasteiger partial charge on any atom is -0.325 e. The first-order valence-electron chi connectivity index (χ1n) is 7.55. The second kappa shape index (κ2) is 6.38. The minimum absolute atomic E-state index is 0.0596. The van der Waals surface area contributed by atoms with E-state index >= 15 is 0 Å². The Morgan fingerprint density at radius 2 is 1.83 bits per heavy atom. The predicted octanol–water partition coefficient (Wildman–Crippen LogP) is 4.31. The van der Waals surface area contributed by atoms with Crippen LogP contribution in [-0.2, 0) is 6.42 Å². The van der Waals surface area contributed by atoms with E-state index in [1.165, 1.54) is 50.5 Å². The molecule has 0 radical (unpaired) electrons. The van der Waals surface area contributed by atoms with Crippen LogP contribution in [0.15, 0.2) is 30.3 Å². The van der Waals surface area contributed by atoms with E-state index in [1.54, 1.807) is 0 Å². The highest BCUT2D eigenvalue weighted by Gasteiger charge is 2.31. The molecule has 18 heavy (non-hydrogen) atoms. The fraction of sp³-hybridized carbons (Fsp3) is 0.647. The first-order chi connectivity index (χ1) is 8.72. The maximum atomic E-state index is 6.58. The first-order valence-corrected chi connectivity index (χ1v) is 7.55. The van der Waals surface area contributed by atoms with Crippen LogP contribution in [0.1, 0.15) is 57.4 Å². The lowest BCUT2D eigenvalue weighted by atomic mass is 9.73. The van der Waals surface area contributed by atoms with Crippen LogP contribution in [0.5, 0.6) is 0 Å². The average Bonchev–Trinajstić information content (AvgIpc) is 2.39. The van der Waals surface area contributed by atoms with E-state index in [9.17, 15) is 0 Å². The Morgan fingerprint density at radius 3 is 2.44 bits per heavy atom. The van der Waals surface area contributed by atoms with Gasteiger partial charge >= 0.3 is 0 Å². The molecule has 2 N–H and O–H groups in total. The van der Waals surface area contributed by atoms with Crippen molar-refractivity contribution in [3.63, 3.8) is 0 Å². The van der Waals surface area contributed by atoms with Crippen molar-refractivity contribution in [2.45, 2.75) is 63.8 Å². The van der Waals surface area contributed by atoms with Gasteiger partial charge in [0.05, 0.1) is 0 Å². The summed E-state index contributed by atoms with van der Waals surface area (Å²) in [6, 6.07) is 10.7. The zero-order valence-corrected chi connectivity index (χ0v) is 11.7. The van der Waals surface area contributed by atoms with Crippen LogP contribution in [0, 0.1) is 5.92 Å². The van der Waals surface area contributed by atoms with Crippen molar-refractivity contribution < 1.29 is 0 Å². The summed E-state index contributed by atoms with van der Waals surface area (Å²) in [5, 5.41) is 0. The van der Waals surface area contributed by atoms with Crippen molar-refractivity contribution >= 4 is 0 Å². The summed E-state index contributed by atoms with van der Waals surface area (Å²) in [7, 11) is 0. The van der Waals surface area contributed by atoms with Crippen LogP contribution in [-0.4, -0.2) is 5.54 Å². The van der Waals surface area contributed by atoms with Gasteiger partial charge in [0.15, 0.2) is 0 Å². The third-order valence-electron chi connectivity index (χ3n) is 4.47. The number of nitrogens with two attached hydrogens (primary N) is 1. The first kappa shape index (κ1) is 13.6. The van der Waals surface area contributed by atoms with Crippen LogP contribution in [0.3, 0.4) is 0 Å². The van der Waals surface area contributed by atoms with E-state index in [0.29, 0.717) is 0 Å². The number of benzene rings is 1. The van der Waals surface area contributed by atoms with E-state index in [-0.39, 0.29) is 5.54 Å². The predicted molar refractivity (Wildman–Crippen MR) is 78.5 cm³/mol. The molecule has 2 rings (SSSR count). The summed E-state index contributed by atoms with van der Waals surface area (Å²) >= 11 is 0. The van der Waals surface area contributed by atoms with Gasteiger partial charge in [0.1, 0.15) is 0 Å². The molecule has 0 aliphatic heterocycles. The molecule has 0 unspecified atom stereocenters. The molecule has 100 valence electrons. The van der Waals surface area contributed by atoms with Crippen LogP contribution in [0.4, 0.5) is 0 Å². The molecule has 0 bridgehead atoms. The second-order valence-electron chi connectivity index (χ2n) is 6.11. The zero-order valence-electron chi connectivity index (χ0n) is 11.7. The highest BCUT2D eigenvalue weighted by Crippen LogP contribution is 2.35. The molecule has 0 aromatic heterocycles. The number of unbranched alkanes of at least 4 members (excludes halogenated alkanes) is 1. The van der Waals surface area contributed by atoms with Crippen molar-refractivity contribution in [2.75, 3.05) is 0 Å². The summed E-state index contributed by atoms with van der Waals surface area (Å²) in [4.78, 5) is 0. The Balaban J connectivity index is 1.83. The zero-order chi connectivity index (χ0) is 12.8. The molecular formula is C17H27N. The van der Waals surface area contributed by atoms with Gasteiger partial charge in [-0.15, -0.1) is 0 Å². The van der Waals surface area contributed by atoms with Crippen molar-refractivity contribution in [2.24, 2.45) is 11.7 Å². The average molecular weight is 245 g/mol. The van der Waals surface area contributed by atoms with Gasteiger partial charge in [-0.05, 0) is 43.6 Å². The van der Waals surface area contributed by atoms with E-state index in [4.69, 9.17) is 5.73 Å². The molecule has 1 aromatic rings. The van der Waals surface area contributed by atoms with Crippen molar-refractivity contribution in [3.8, 4) is 0 Å². The molecule has 0 spiro atoms. The maximum absolute atomic E-state index is 6.58. The fourth-order valence-corrected chi connectivity index (χ4v) is 3.21. The molecule has 1 heteroatoms. The Hall–Kier alpha value is -0.820. The SMILES string of the molecule is CCCCC1CCC(N)(Cc2ccccc2)CC1. The largest absolute Gasteiger partial charge is 0.325 e. The molecule has 1 aromatic carbocycles. The Bertz CT molecular complexity index is 336. The monoisotopic (exact) mass is 245 g/mol. The van der Waals surface area contributed by atoms with Gasteiger partial charge in [-0.1, -0.05) is 56.5 Å². The summed E-state index contributed by atoms with van der Waals surface area (Å²) in [5.41, 5.74) is 8.04. The molecule has 1 aliphatic rings. The van der Waals surface area contributed by atoms with Gasteiger partial charge in [0.25, 0.3) is 0 Å². The lowest BCUT2D eigenvalue weighted by Crippen LogP contribution is -2.45. The lowest BCUT2D eigenvalue weighted by Gasteiger charge is -2.37. The molecule has 0 atom stereocenters. The summed E-state index contributed by atoms with van der Waals surface area (Å²) in [6.45, 7) is 2.28. The van der Waals surface area contributed by atoms with E-state index < -0.39 is 0 Å². The Kier molecular flexibility index (Phi) is 4.82. The summed E-state index contributed by atoms with van der Waals surface area (Å²) in [6.07, 6.45) is 10.3. The molecule has 1 nitrogen and oxygen atoms in total. The van der Waals surface area contributed by atoms with Crippen molar-refractivity contribution in [1.82, 2.24) is 0 Å². The van der Waals surface area contributed by atoms with E-state index in [2.05, 4.69) is 37.3 Å². The van der Waals surface area contributed by atoms with Gasteiger partial charge in [0.2, 0.25) is 0 Å². The van der Waals surface area contributed by atoms with Crippen molar-refractivity contribution in [1.29, 1.82) is 0 Å².